The summed E-state index contributed by atoms with van der Waals surface area (Å²) in [6.07, 6.45) is 6.37. The number of hydrogen-bond donors (Lipinski definition) is 2. The van der Waals surface area contributed by atoms with E-state index in [4.69, 9.17) is 9.73 Å². The summed E-state index contributed by atoms with van der Waals surface area (Å²) in [4.78, 5) is 10.7. The average molecular weight is 543 g/mol. The Morgan fingerprint density at radius 1 is 1.23 bits per heavy atom. The van der Waals surface area contributed by atoms with Crippen molar-refractivity contribution in [3.05, 3.63) is 51.5 Å². The van der Waals surface area contributed by atoms with E-state index in [1.807, 2.05) is 6.20 Å². The number of nitrogens with zero attached hydrogens (tertiary/aromatic N) is 2. The number of aryl methyl sites for hydroxylation is 2. The van der Waals surface area contributed by atoms with Gasteiger partial charge in [0, 0.05) is 49.7 Å². The van der Waals surface area contributed by atoms with Gasteiger partial charge in [0.05, 0.1) is 11.1 Å². The van der Waals surface area contributed by atoms with Crippen LogP contribution < -0.4 is 10.6 Å². The predicted molar refractivity (Wildman–Crippen MR) is 137 cm³/mol. The summed E-state index contributed by atoms with van der Waals surface area (Å²) < 4.78 is 6.14. The Kier molecular flexibility index (Phi) is 11.1. The summed E-state index contributed by atoms with van der Waals surface area (Å²) in [5, 5.41) is 8.02. The smallest absolute Gasteiger partial charge is 0.191 e. The fourth-order valence-electron chi connectivity index (χ4n) is 3.62. The Bertz CT molecular complexity index is 778. The van der Waals surface area contributed by atoms with Gasteiger partial charge in [-0.05, 0) is 38.7 Å². The number of halogens is 1. The summed E-state index contributed by atoms with van der Waals surface area (Å²) in [6, 6.07) is 8.73. The standard InChI is InChI=1S/C23H34N4OS.HI/c1-4-20-16-26-21(29-20)12-13-25-23(24-5-2)27-15-19-7-6-14-28-22(19)18-10-8-17(3)9-11-18;/h8-11,16,19,22H,4-7,12-15H2,1-3H3,(H2,24,25,27);1H. The monoisotopic (exact) mass is 542 g/mol. The molecule has 1 aromatic carbocycles. The topological polar surface area (TPSA) is 58.5 Å². The summed E-state index contributed by atoms with van der Waals surface area (Å²) in [7, 11) is 0. The highest BCUT2D eigenvalue weighted by Crippen LogP contribution is 2.33. The molecule has 2 N–H and O–H groups in total. The van der Waals surface area contributed by atoms with Gasteiger partial charge in [0.1, 0.15) is 0 Å². The van der Waals surface area contributed by atoms with Crippen LogP contribution in [0.2, 0.25) is 0 Å². The SMILES string of the molecule is CCNC(=NCC1CCCOC1c1ccc(C)cc1)NCCc1ncc(CC)s1.I. The van der Waals surface area contributed by atoms with E-state index in [-0.39, 0.29) is 30.1 Å². The second-order valence-electron chi connectivity index (χ2n) is 7.57. The van der Waals surface area contributed by atoms with Gasteiger partial charge in [-0.3, -0.25) is 4.99 Å². The molecule has 3 rings (SSSR count). The molecule has 1 fully saturated rings. The number of hydrogen-bond acceptors (Lipinski definition) is 4. The van der Waals surface area contributed by atoms with Crippen molar-refractivity contribution in [3.63, 3.8) is 0 Å². The summed E-state index contributed by atoms with van der Waals surface area (Å²) in [6.45, 7) is 9.69. The molecule has 2 atom stereocenters. The summed E-state index contributed by atoms with van der Waals surface area (Å²) in [5.74, 6) is 1.29. The van der Waals surface area contributed by atoms with Crippen LogP contribution in [-0.4, -0.2) is 37.2 Å². The number of benzene rings is 1. The van der Waals surface area contributed by atoms with E-state index >= 15 is 0 Å². The minimum atomic E-state index is 0. The van der Waals surface area contributed by atoms with Gasteiger partial charge in [-0.25, -0.2) is 4.98 Å². The van der Waals surface area contributed by atoms with E-state index in [0.717, 1.165) is 57.9 Å². The van der Waals surface area contributed by atoms with Crippen molar-refractivity contribution in [1.82, 2.24) is 15.6 Å². The quantitative estimate of drug-likeness (QED) is 0.283. The van der Waals surface area contributed by atoms with E-state index in [0.29, 0.717) is 5.92 Å². The molecule has 0 aliphatic carbocycles. The maximum Gasteiger partial charge on any atom is 0.191 e. The first kappa shape index (κ1) is 25.1. The molecule has 2 aromatic rings. The van der Waals surface area contributed by atoms with Crippen LogP contribution in [0, 0.1) is 12.8 Å². The Hall–Kier alpha value is -1.19. The van der Waals surface area contributed by atoms with E-state index in [1.54, 1.807) is 11.3 Å². The lowest BCUT2D eigenvalue weighted by Gasteiger charge is -2.31. The molecule has 0 bridgehead atoms. The second kappa shape index (κ2) is 13.3. The average Bonchev–Trinajstić information content (AvgIpc) is 3.21. The molecule has 166 valence electrons. The van der Waals surface area contributed by atoms with Crippen molar-refractivity contribution in [2.24, 2.45) is 10.9 Å². The van der Waals surface area contributed by atoms with E-state index in [2.05, 4.69) is 60.7 Å². The van der Waals surface area contributed by atoms with E-state index in [9.17, 15) is 0 Å². The molecule has 5 nitrogen and oxygen atoms in total. The summed E-state index contributed by atoms with van der Waals surface area (Å²) in [5.41, 5.74) is 2.55. The fraction of sp³-hybridized carbons (Fsp3) is 0.565. The molecule has 1 aromatic heterocycles. The first-order valence-electron chi connectivity index (χ1n) is 10.8. The van der Waals surface area contributed by atoms with E-state index in [1.165, 1.54) is 21.0 Å². The minimum Gasteiger partial charge on any atom is -0.373 e. The Balaban J connectivity index is 0.00000320. The molecule has 0 radical (unpaired) electrons. The predicted octanol–water partition coefficient (Wildman–Crippen LogP) is 4.90. The number of rotatable bonds is 8. The van der Waals surface area contributed by atoms with E-state index < -0.39 is 0 Å². The second-order valence-corrected chi connectivity index (χ2v) is 8.77. The number of ether oxygens (including phenoxy) is 1. The third-order valence-corrected chi connectivity index (χ3v) is 6.46. The highest BCUT2D eigenvalue weighted by molar-refractivity contribution is 14.0. The van der Waals surface area contributed by atoms with Gasteiger partial charge in [0.15, 0.2) is 5.96 Å². The van der Waals surface area contributed by atoms with Crippen molar-refractivity contribution >= 4 is 41.3 Å². The third kappa shape index (κ3) is 7.50. The molecule has 0 saturated carbocycles. The van der Waals surface area contributed by atoms with Crippen molar-refractivity contribution in [2.45, 2.75) is 52.6 Å². The molecular weight excluding hydrogens is 507 g/mol. The Morgan fingerprint density at radius 3 is 2.73 bits per heavy atom. The number of aromatic nitrogens is 1. The molecule has 2 unspecified atom stereocenters. The minimum absolute atomic E-state index is 0. The zero-order valence-corrected chi connectivity index (χ0v) is 21.5. The molecule has 1 aliphatic heterocycles. The molecular formula is C23H35IN4OS. The lowest BCUT2D eigenvalue weighted by Crippen LogP contribution is -2.39. The Morgan fingerprint density at radius 2 is 2.03 bits per heavy atom. The lowest BCUT2D eigenvalue weighted by molar-refractivity contribution is -0.0250. The lowest BCUT2D eigenvalue weighted by atomic mass is 9.89. The highest BCUT2D eigenvalue weighted by atomic mass is 127. The van der Waals surface area contributed by atoms with Gasteiger partial charge >= 0.3 is 0 Å². The molecule has 0 amide bonds. The third-order valence-electron chi connectivity index (χ3n) is 5.26. The maximum absolute atomic E-state index is 6.14. The van der Waals surface area contributed by atoms with Gasteiger partial charge < -0.3 is 15.4 Å². The Labute approximate surface area is 202 Å². The van der Waals surface area contributed by atoms with Crippen LogP contribution in [0.3, 0.4) is 0 Å². The fourth-order valence-corrected chi connectivity index (χ4v) is 4.48. The van der Waals surface area contributed by atoms with Crippen molar-refractivity contribution < 1.29 is 4.74 Å². The summed E-state index contributed by atoms with van der Waals surface area (Å²) >= 11 is 1.80. The molecule has 7 heteroatoms. The van der Waals surface area contributed by atoms with Gasteiger partial charge in [-0.2, -0.15) is 0 Å². The first-order valence-corrected chi connectivity index (χ1v) is 11.6. The van der Waals surface area contributed by atoms with Gasteiger partial charge in [-0.1, -0.05) is 36.8 Å². The number of nitrogens with one attached hydrogen (secondary N) is 2. The van der Waals surface area contributed by atoms with Gasteiger partial charge in [-0.15, -0.1) is 35.3 Å². The van der Waals surface area contributed by atoms with Gasteiger partial charge in [0.2, 0.25) is 0 Å². The van der Waals surface area contributed by atoms with Crippen molar-refractivity contribution in [3.8, 4) is 0 Å². The molecule has 0 spiro atoms. The van der Waals surface area contributed by atoms with Crippen LogP contribution in [-0.2, 0) is 17.6 Å². The van der Waals surface area contributed by atoms with Crippen LogP contribution in [0.5, 0.6) is 0 Å². The van der Waals surface area contributed by atoms with Crippen LogP contribution in [0.1, 0.15) is 53.8 Å². The zero-order chi connectivity index (χ0) is 20.5. The molecule has 2 heterocycles. The van der Waals surface area contributed by atoms with Crippen molar-refractivity contribution in [2.75, 3.05) is 26.2 Å². The molecule has 30 heavy (non-hydrogen) atoms. The molecule has 1 saturated heterocycles. The van der Waals surface area contributed by atoms with Crippen LogP contribution in [0.15, 0.2) is 35.5 Å². The first-order chi connectivity index (χ1) is 14.2. The van der Waals surface area contributed by atoms with Crippen LogP contribution in [0.25, 0.3) is 0 Å². The van der Waals surface area contributed by atoms with Gasteiger partial charge in [0.25, 0.3) is 0 Å². The highest BCUT2D eigenvalue weighted by Gasteiger charge is 2.27. The maximum atomic E-state index is 6.14. The number of thiazole rings is 1. The molecule has 1 aliphatic rings. The number of guanidine groups is 1. The van der Waals surface area contributed by atoms with Crippen LogP contribution >= 0.6 is 35.3 Å². The van der Waals surface area contributed by atoms with Crippen molar-refractivity contribution in [1.29, 1.82) is 0 Å². The number of aliphatic imine (C=N–C) groups is 1. The largest absolute Gasteiger partial charge is 0.373 e. The zero-order valence-electron chi connectivity index (χ0n) is 18.3. The van der Waals surface area contributed by atoms with Crippen LogP contribution in [0.4, 0.5) is 0 Å². The normalized spacial score (nSPS) is 19.2.